The second-order valence-electron chi connectivity index (χ2n) is 7.80. The first-order chi connectivity index (χ1) is 15.0. The Kier molecular flexibility index (Phi) is 7.28. The summed E-state index contributed by atoms with van der Waals surface area (Å²) in [6.07, 6.45) is 1.95. The molecule has 3 rings (SSSR count). The van der Waals surface area contributed by atoms with Gasteiger partial charge in [-0.15, -0.1) is 0 Å². The van der Waals surface area contributed by atoms with Crippen molar-refractivity contribution in [3.63, 3.8) is 0 Å². The second kappa shape index (κ2) is 10.1. The van der Waals surface area contributed by atoms with E-state index in [0.717, 1.165) is 35.5 Å². The van der Waals surface area contributed by atoms with Crippen LogP contribution < -0.4 is 15.5 Å². The first kappa shape index (κ1) is 22.3. The van der Waals surface area contributed by atoms with E-state index in [1.165, 1.54) is 0 Å². The summed E-state index contributed by atoms with van der Waals surface area (Å²) in [5.74, 6) is -0.712. The lowest BCUT2D eigenvalue weighted by molar-refractivity contribution is -0.135. The minimum absolute atomic E-state index is 0.280. The Balaban J connectivity index is 1.54. The van der Waals surface area contributed by atoms with Gasteiger partial charge in [-0.2, -0.15) is 0 Å². The fourth-order valence-electron chi connectivity index (χ4n) is 3.93. The van der Waals surface area contributed by atoms with Crippen molar-refractivity contribution in [2.45, 2.75) is 31.7 Å². The third-order valence-electron chi connectivity index (χ3n) is 5.56. The minimum Gasteiger partial charge on any atom is -0.375 e. The monoisotopic (exact) mass is 422 g/mol. The predicted octanol–water partition coefficient (Wildman–Crippen LogP) is 2.88. The lowest BCUT2D eigenvalue weighted by Crippen LogP contribution is -2.45. The molecule has 0 saturated carbocycles. The molecule has 1 heterocycles. The highest BCUT2D eigenvalue weighted by Crippen LogP contribution is 2.33. The molecular weight excluding hydrogens is 392 g/mol. The number of benzene rings is 2. The van der Waals surface area contributed by atoms with Crippen LogP contribution >= 0.6 is 0 Å². The van der Waals surface area contributed by atoms with Crippen LogP contribution in [-0.2, 0) is 15.1 Å². The van der Waals surface area contributed by atoms with Gasteiger partial charge in [-0.1, -0.05) is 61.9 Å². The third-order valence-corrected chi connectivity index (χ3v) is 5.56. The van der Waals surface area contributed by atoms with Gasteiger partial charge in [0.25, 0.3) is 5.91 Å². The van der Waals surface area contributed by atoms with E-state index in [1.807, 2.05) is 74.6 Å². The fraction of sp³-hybridized carbons (Fsp3) is 0.375. The van der Waals surface area contributed by atoms with Gasteiger partial charge in [0.1, 0.15) is 12.1 Å². The van der Waals surface area contributed by atoms with Gasteiger partial charge >= 0.3 is 6.03 Å². The summed E-state index contributed by atoms with van der Waals surface area (Å²) >= 11 is 0. The molecule has 1 aliphatic rings. The summed E-state index contributed by atoms with van der Waals surface area (Å²) in [5.41, 5.74) is 0.745. The van der Waals surface area contributed by atoms with Gasteiger partial charge in [0, 0.05) is 25.8 Å². The molecule has 0 radical (unpaired) electrons. The molecule has 0 unspecified atom stereocenters. The number of carbonyl (C=O) groups is 3. The summed E-state index contributed by atoms with van der Waals surface area (Å²) < 4.78 is 0. The Hall–Kier alpha value is -3.35. The Morgan fingerprint density at radius 1 is 1.06 bits per heavy atom. The molecule has 7 heteroatoms. The summed E-state index contributed by atoms with van der Waals surface area (Å²) in [6, 6.07) is 18.7. The summed E-state index contributed by atoms with van der Waals surface area (Å²) in [5, 5.41) is 5.66. The molecular formula is C24H30N4O3. The van der Waals surface area contributed by atoms with E-state index in [9.17, 15) is 14.4 Å². The maximum absolute atomic E-state index is 13.2. The topological polar surface area (TPSA) is 81.8 Å². The molecule has 0 aliphatic carbocycles. The zero-order chi connectivity index (χ0) is 22.3. The zero-order valence-electron chi connectivity index (χ0n) is 18.1. The van der Waals surface area contributed by atoms with Crippen LogP contribution in [0.5, 0.6) is 0 Å². The van der Waals surface area contributed by atoms with Crippen LogP contribution in [0.15, 0.2) is 60.7 Å². The smallest absolute Gasteiger partial charge is 0.325 e. The molecule has 2 N–H and O–H groups in total. The highest BCUT2D eigenvalue weighted by atomic mass is 16.2. The zero-order valence-corrected chi connectivity index (χ0v) is 18.1. The number of nitrogens with one attached hydrogen (secondary N) is 2. The number of anilines is 1. The van der Waals surface area contributed by atoms with Crippen LogP contribution in [-0.4, -0.2) is 49.4 Å². The quantitative estimate of drug-likeness (QED) is 0.456. The van der Waals surface area contributed by atoms with Crippen molar-refractivity contribution < 1.29 is 14.4 Å². The molecule has 0 bridgehead atoms. The fourth-order valence-corrected chi connectivity index (χ4v) is 3.93. The molecule has 164 valence electrons. The highest BCUT2D eigenvalue weighted by molar-refractivity contribution is 6.09. The lowest BCUT2D eigenvalue weighted by atomic mass is 9.85. The van der Waals surface area contributed by atoms with E-state index < -0.39 is 11.6 Å². The van der Waals surface area contributed by atoms with Gasteiger partial charge in [-0.05, 0) is 30.5 Å². The van der Waals surface area contributed by atoms with Crippen molar-refractivity contribution in [2.75, 3.05) is 31.6 Å². The molecule has 1 aliphatic heterocycles. The van der Waals surface area contributed by atoms with Gasteiger partial charge in [0.15, 0.2) is 0 Å². The number of nitrogens with zero attached hydrogens (tertiary/aromatic N) is 2. The van der Waals surface area contributed by atoms with Crippen molar-refractivity contribution in [3.05, 3.63) is 66.2 Å². The molecule has 1 atom stereocenters. The summed E-state index contributed by atoms with van der Waals surface area (Å²) in [7, 11) is 2.00. The summed E-state index contributed by atoms with van der Waals surface area (Å²) in [4.78, 5) is 41.3. The number of urea groups is 1. The number of hydrogen-bond acceptors (Lipinski definition) is 4. The van der Waals surface area contributed by atoms with Crippen LogP contribution in [0.3, 0.4) is 0 Å². The number of hydrogen-bond donors (Lipinski definition) is 2. The first-order valence-electron chi connectivity index (χ1n) is 10.7. The van der Waals surface area contributed by atoms with Crippen molar-refractivity contribution in [1.29, 1.82) is 0 Å². The maximum atomic E-state index is 13.2. The standard InChI is InChI=1S/C24H30N4O3/c1-3-15-24(19-11-6-4-7-12-19)22(30)28(23(31)26-24)18-21(29)25-16-10-17-27(2)20-13-8-5-9-14-20/h4-9,11-14H,3,10,15-18H2,1-2H3,(H,25,29)(H,26,31)/t24-/m1/s1. The molecule has 1 fully saturated rings. The average molecular weight is 423 g/mol. The molecule has 7 nitrogen and oxygen atoms in total. The molecule has 0 aromatic heterocycles. The van der Waals surface area contributed by atoms with E-state index in [-0.39, 0.29) is 18.4 Å². The van der Waals surface area contributed by atoms with Gasteiger partial charge in [0.05, 0.1) is 0 Å². The van der Waals surface area contributed by atoms with E-state index in [4.69, 9.17) is 0 Å². The lowest BCUT2D eigenvalue weighted by Gasteiger charge is -2.26. The summed E-state index contributed by atoms with van der Waals surface area (Å²) in [6.45, 7) is 2.93. The van der Waals surface area contributed by atoms with Crippen LogP contribution in [0.2, 0.25) is 0 Å². The molecule has 2 aromatic rings. The van der Waals surface area contributed by atoms with Gasteiger partial charge < -0.3 is 15.5 Å². The maximum Gasteiger partial charge on any atom is 0.325 e. The van der Waals surface area contributed by atoms with Crippen molar-refractivity contribution >= 4 is 23.5 Å². The van der Waals surface area contributed by atoms with Crippen molar-refractivity contribution in [3.8, 4) is 0 Å². The van der Waals surface area contributed by atoms with E-state index in [1.54, 1.807) is 0 Å². The Bertz CT molecular complexity index is 904. The molecule has 1 saturated heterocycles. The minimum atomic E-state index is -1.11. The third kappa shape index (κ3) is 5.05. The van der Waals surface area contributed by atoms with E-state index in [0.29, 0.717) is 13.0 Å². The van der Waals surface area contributed by atoms with E-state index in [2.05, 4.69) is 15.5 Å². The first-order valence-corrected chi connectivity index (χ1v) is 10.7. The Morgan fingerprint density at radius 3 is 2.35 bits per heavy atom. The number of carbonyl (C=O) groups excluding carboxylic acids is 3. The predicted molar refractivity (Wildman–Crippen MR) is 121 cm³/mol. The SMILES string of the molecule is CCC[C@]1(c2ccccc2)NC(=O)N(CC(=O)NCCCN(C)c2ccccc2)C1=O. The van der Waals surface area contributed by atoms with Crippen LogP contribution in [0.25, 0.3) is 0 Å². The highest BCUT2D eigenvalue weighted by Gasteiger charge is 2.52. The van der Waals surface area contributed by atoms with Gasteiger partial charge in [-0.25, -0.2) is 4.79 Å². The van der Waals surface area contributed by atoms with Gasteiger partial charge in [0.2, 0.25) is 5.91 Å². The second-order valence-corrected chi connectivity index (χ2v) is 7.80. The molecule has 2 aromatic carbocycles. The Labute approximate surface area is 183 Å². The average Bonchev–Trinajstić information content (AvgIpc) is 3.03. The molecule has 31 heavy (non-hydrogen) atoms. The number of amides is 4. The van der Waals surface area contributed by atoms with Crippen LogP contribution in [0.4, 0.5) is 10.5 Å². The number of para-hydroxylation sites is 1. The molecule has 0 spiro atoms. The Morgan fingerprint density at radius 2 is 1.71 bits per heavy atom. The van der Waals surface area contributed by atoms with Crippen LogP contribution in [0.1, 0.15) is 31.7 Å². The number of imide groups is 1. The molecule has 4 amide bonds. The van der Waals surface area contributed by atoms with Crippen molar-refractivity contribution in [1.82, 2.24) is 15.5 Å². The van der Waals surface area contributed by atoms with E-state index >= 15 is 0 Å². The largest absolute Gasteiger partial charge is 0.375 e. The van der Waals surface area contributed by atoms with Crippen molar-refractivity contribution in [2.24, 2.45) is 0 Å². The number of rotatable bonds is 10. The van der Waals surface area contributed by atoms with Crippen LogP contribution in [0, 0.1) is 0 Å². The van der Waals surface area contributed by atoms with Gasteiger partial charge in [-0.3, -0.25) is 14.5 Å². The normalized spacial score (nSPS) is 18.1.